The highest BCUT2D eigenvalue weighted by molar-refractivity contribution is 5.02. The van der Waals surface area contributed by atoms with Gasteiger partial charge in [-0.3, -0.25) is 0 Å². The summed E-state index contributed by atoms with van der Waals surface area (Å²) in [5.41, 5.74) is 1.08. The van der Waals surface area contributed by atoms with Gasteiger partial charge in [0.15, 0.2) is 0 Å². The van der Waals surface area contributed by atoms with Gasteiger partial charge in [0.25, 0.3) is 0 Å². The van der Waals surface area contributed by atoms with E-state index in [0.717, 1.165) is 24.5 Å². The maximum atomic E-state index is 4.22. The molecule has 0 atom stereocenters. The van der Waals surface area contributed by atoms with Crippen molar-refractivity contribution in [1.82, 2.24) is 24.8 Å². The van der Waals surface area contributed by atoms with E-state index >= 15 is 0 Å². The molecule has 0 saturated heterocycles. The smallest absolute Gasteiger partial charge is 0.122 e. The molecule has 0 aliphatic carbocycles. The Hall–Kier alpha value is -1.75. The molecule has 1 N–H and O–H groups in total. The Morgan fingerprint density at radius 3 is 2.73 bits per heavy atom. The molecule has 0 aromatic carbocycles. The third-order valence-corrected chi connectivity index (χ3v) is 2.15. The van der Waals surface area contributed by atoms with Gasteiger partial charge in [0.1, 0.15) is 12.2 Å². The summed E-state index contributed by atoms with van der Waals surface area (Å²) in [6.45, 7) is 1.51. The van der Waals surface area contributed by atoms with Gasteiger partial charge in [-0.05, 0) is 0 Å². The highest BCUT2D eigenvalue weighted by Crippen LogP contribution is 1.95. The van der Waals surface area contributed by atoms with E-state index in [1.165, 1.54) is 6.33 Å². The monoisotopic (exact) mass is 203 g/mol. The maximum Gasteiger partial charge on any atom is 0.122 e. The van der Waals surface area contributed by atoms with E-state index in [9.17, 15) is 0 Å². The Bertz CT molecular complexity index is 409. The summed E-state index contributed by atoms with van der Waals surface area (Å²) in [5.74, 6) is 1.02. The predicted molar refractivity (Wildman–Crippen MR) is 55.8 cm³/mol. The molecule has 15 heavy (non-hydrogen) atoms. The number of nitrogens with one attached hydrogen (secondary N) is 1. The minimum atomic E-state index is 0.748. The van der Waals surface area contributed by atoms with Crippen LogP contribution in [-0.4, -0.2) is 19.5 Å². The topological polar surface area (TPSA) is 55.6 Å². The first-order valence-electron chi connectivity index (χ1n) is 4.77. The second-order valence-corrected chi connectivity index (χ2v) is 3.30. The van der Waals surface area contributed by atoms with Crippen molar-refractivity contribution >= 4 is 0 Å². The van der Waals surface area contributed by atoms with Crippen LogP contribution in [-0.2, 0) is 20.1 Å². The molecular formula is C10H13N5. The standard InChI is InChI=1S/C10H13N5/c1-15-3-2-14-10(15)7-11-4-9-5-12-8-13-6-9/h2-3,5-6,8,11H,4,7H2,1H3. The van der Waals surface area contributed by atoms with Crippen LogP contribution in [0.1, 0.15) is 11.4 Å². The SMILES string of the molecule is Cn1ccnc1CNCc1cncnc1. The van der Waals surface area contributed by atoms with E-state index in [1.54, 1.807) is 18.6 Å². The second-order valence-electron chi connectivity index (χ2n) is 3.30. The average Bonchev–Trinajstić information content (AvgIpc) is 2.66. The van der Waals surface area contributed by atoms with Crippen molar-refractivity contribution in [2.45, 2.75) is 13.1 Å². The van der Waals surface area contributed by atoms with E-state index < -0.39 is 0 Å². The van der Waals surface area contributed by atoms with Gasteiger partial charge in [-0.2, -0.15) is 0 Å². The van der Waals surface area contributed by atoms with E-state index in [4.69, 9.17) is 0 Å². The number of hydrogen-bond donors (Lipinski definition) is 1. The molecule has 0 radical (unpaired) electrons. The van der Waals surface area contributed by atoms with Crippen molar-refractivity contribution in [3.05, 3.63) is 42.5 Å². The van der Waals surface area contributed by atoms with Crippen molar-refractivity contribution in [2.24, 2.45) is 7.05 Å². The van der Waals surface area contributed by atoms with Crippen molar-refractivity contribution in [3.63, 3.8) is 0 Å². The molecule has 2 aromatic rings. The van der Waals surface area contributed by atoms with E-state index in [2.05, 4.69) is 20.3 Å². The number of rotatable bonds is 4. The molecular weight excluding hydrogens is 190 g/mol. The summed E-state index contributed by atoms with van der Waals surface area (Å²) in [6, 6.07) is 0. The van der Waals surface area contributed by atoms with Gasteiger partial charge in [0.05, 0.1) is 6.54 Å². The fraction of sp³-hybridized carbons (Fsp3) is 0.300. The zero-order valence-electron chi connectivity index (χ0n) is 8.59. The summed E-state index contributed by atoms with van der Waals surface area (Å²) in [7, 11) is 1.98. The summed E-state index contributed by atoms with van der Waals surface area (Å²) in [6.07, 6.45) is 8.87. The van der Waals surface area contributed by atoms with Gasteiger partial charge in [0, 0.05) is 43.9 Å². The Balaban J connectivity index is 1.83. The van der Waals surface area contributed by atoms with Crippen LogP contribution in [0.4, 0.5) is 0 Å². The fourth-order valence-electron chi connectivity index (χ4n) is 1.31. The normalized spacial score (nSPS) is 10.5. The van der Waals surface area contributed by atoms with Gasteiger partial charge in [-0.15, -0.1) is 0 Å². The molecule has 78 valence electrons. The molecule has 2 heterocycles. The average molecular weight is 203 g/mol. The predicted octanol–water partition coefficient (Wildman–Crippen LogP) is 0.500. The zero-order chi connectivity index (χ0) is 10.5. The van der Waals surface area contributed by atoms with E-state index in [0.29, 0.717) is 0 Å². The van der Waals surface area contributed by atoms with Crippen LogP contribution in [0.5, 0.6) is 0 Å². The summed E-state index contributed by atoms with van der Waals surface area (Å²) in [4.78, 5) is 12.1. The van der Waals surface area contributed by atoms with Gasteiger partial charge in [-0.1, -0.05) is 0 Å². The molecule has 0 bridgehead atoms. The van der Waals surface area contributed by atoms with Crippen LogP contribution in [0.25, 0.3) is 0 Å². The quantitative estimate of drug-likeness (QED) is 0.786. The first-order chi connectivity index (χ1) is 7.36. The highest BCUT2D eigenvalue weighted by Gasteiger charge is 1.98. The Kier molecular flexibility index (Phi) is 3.04. The van der Waals surface area contributed by atoms with E-state index in [1.807, 2.05) is 17.8 Å². The minimum absolute atomic E-state index is 0.748. The summed E-state index contributed by atoms with van der Waals surface area (Å²) < 4.78 is 1.99. The molecule has 2 aromatic heterocycles. The van der Waals surface area contributed by atoms with Crippen LogP contribution in [0, 0.1) is 0 Å². The Morgan fingerprint density at radius 1 is 1.27 bits per heavy atom. The lowest BCUT2D eigenvalue weighted by Crippen LogP contribution is -2.15. The maximum absolute atomic E-state index is 4.22. The lowest BCUT2D eigenvalue weighted by molar-refractivity contribution is 0.636. The molecule has 0 spiro atoms. The van der Waals surface area contributed by atoms with Crippen LogP contribution >= 0.6 is 0 Å². The number of aromatic nitrogens is 4. The first kappa shape index (κ1) is 9.79. The molecule has 5 heteroatoms. The fourth-order valence-corrected chi connectivity index (χ4v) is 1.31. The molecule has 0 aliphatic heterocycles. The van der Waals surface area contributed by atoms with Crippen molar-refractivity contribution < 1.29 is 0 Å². The lowest BCUT2D eigenvalue weighted by atomic mass is 10.3. The number of imidazole rings is 1. The van der Waals surface area contributed by atoms with Gasteiger partial charge < -0.3 is 9.88 Å². The summed E-state index contributed by atoms with van der Waals surface area (Å²) >= 11 is 0. The third-order valence-electron chi connectivity index (χ3n) is 2.15. The molecule has 5 nitrogen and oxygen atoms in total. The number of nitrogens with zero attached hydrogens (tertiary/aromatic N) is 4. The minimum Gasteiger partial charge on any atom is -0.337 e. The van der Waals surface area contributed by atoms with Crippen LogP contribution in [0.15, 0.2) is 31.1 Å². The molecule has 2 rings (SSSR count). The van der Waals surface area contributed by atoms with Gasteiger partial charge >= 0.3 is 0 Å². The third kappa shape index (κ3) is 2.60. The van der Waals surface area contributed by atoms with Crippen molar-refractivity contribution in [1.29, 1.82) is 0 Å². The second kappa shape index (κ2) is 4.65. The molecule has 0 amide bonds. The summed E-state index contributed by atoms with van der Waals surface area (Å²) in [5, 5.41) is 3.28. The molecule has 0 aliphatic rings. The van der Waals surface area contributed by atoms with Crippen molar-refractivity contribution in [3.8, 4) is 0 Å². The van der Waals surface area contributed by atoms with Crippen LogP contribution in [0.3, 0.4) is 0 Å². The van der Waals surface area contributed by atoms with Crippen LogP contribution < -0.4 is 5.32 Å². The number of hydrogen-bond acceptors (Lipinski definition) is 4. The number of aryl methyl sites for hydroxylation is 1. The molecule has 0 saturated carbocycles. The van der Waals surface area contributed by atoms with Crippen molar-refractivity contribution in [2.75, 3.05) is 0 Å². The van der Waals surface area contributed by atoms with Gasteiger partial charge in [0.2, 0.25) is 0 Å². The molecule has 0 fully saturated rings. The van der Waals surface area contributed by atoms with Crippen LogP contribution in [0.2, 0.25) is 0 Å². The lowest BCUT2D eigenvalue weighted by Gasteiger charge is -2.04. The van der Waals surface area contributed by atoms with Gasteiger partial charge in [-0.25, -0.2) is 15.0 Å². The first-order valence-corrected chi connectivity index (χ1v) is 4.77. The Morgan fingerprint density at radius 2 is 2.07 bits per heavy atom. The Labute approximate surface area is 88.2 Å². The zero-order valence-corrected chi connectivity index (χ0v) is 8.59. The largest absolute Gasteiger partial charge is 0.337 e. The highest BCUT2D eigenvalue weighted by atomic mass is 15.1. The van der Waals surface area contributed by atoms with E-state index in [-0.39, 0.29) is 0 Å². The molecule has 0 unspecified atom stereocenters.